The summed E-state index contributed by atoms with van der Waals surface area (Å²) in [4.78, 5) is 59.5. The van der Waals surface area contributed by atoms with Crippen molar-refractivity contribution >= 4 is 35.7 Å². The molecule has 0 saturated carbocycles. The molecule has 0 aliphatic carbocycles. The van der Waals surface area contributed by atoms with Crippen molar-refractivity contribution in [3.63, 3.8) is 0 Å². The van der Waals surface area contributed by atoms with E-state index in [1.54, 1.807) is 24.3 Å². The fraction of sp³-hybridized carbons (Fsp3) is 0.316. The zero-order valence-corrected chi connectivity index (χ0v) is 15.6. The second-order valence-corrected chi connectivity index (χ2v) is 6.04. The number of carboxylic acids is 1. The van der Waals surface area contributed by atoms with Crippen molar-refractivity contribution in [2.75, 3.05) is 0 Å². The topological polar surface area (TPSA) is 147 Å². The normalized spacial score (nSPS) is 12.8. The molecule has 0 bridgehead atoms. The lowest BCUT2D eigenvalue weighted by Gasteiger charge is -2.26. The summed E-state index contributed by atoms with van der Waals surface area (Å²) in [6, 6.07) is 6.45. The van der Waals surface area contributed by atoms with E-state index < -0.39 is 41.7 Å². The predicted molar refractivity (Wildman–Crippen MR) is 100 cm³/mol. The van der Waals surface area contributed by atoms with Gasteiger partial charge in [-0.3, -0.25) is 28.9 Å². The van der Waals surface area contributed by atoms with Crippen LogP contribution in [0.15, 0.2) is 36.4 Å². The minimum atomic E-state index is -1.23. The van der Waals surface area contributed by atoms with Crippen molar-refractivity contribution < 1.29 is 29.1 Å². The fourth-order valence-corrected chi connectivity index (χ4v) is 2.39. The van der Waals surface area contributed by atoms with Crippen molar-refractivity contribution in [1.82, 2.24) is 10.2 Å². The molecule has 0 saturated heterocycles. The molecule has 1 rings (SSSR count). The number of nitrogens with two attached hydrogens (primary N) is 1. The molecule has 1 aromatic carbocycles. The Morgan fingerprint density at radius 3 is 2.29 bits per heavy atom. The van der Waals surface area contributed by atoms with E-state index in [9.17, 15) is 24.0 Å². The van der Waals surface area contributed by atoms with Crippen molar-refractivity contribution in [2.24, 2.45) is 5.73 Å². The predicted octanol–water partition coefficient (Wildman–Crippen LogP) is 0.298. The first-order valence-corrected chi connectivity index (χ1v) is 8.51. The Balaban J connectivity index is 2.88. The molecule has 4 amide bonds. The zero-order valence-electron chi connectivity index (χ0n) is 15.6. The Kier molecular flexibility index (Phi) is 8.54. The van der Waals surface area contributed by atoms with Crippen LogP contribution in [0.2, 0.25) is 0 Å². The number of carboxylic acid groups (broad SMARTS) is 1. The molecule has 1 aromatic rings. The van der Waals surface area contributed by atoms with Gasteiger partial charge in [0.05, 0.1) is 0 Å². The van der Waals surface area contributed by atoms with E-state index >= 15 is 0 Å². The van der Waals surface area contributed by atoms with Crippen molar-refractivity contribution in [1.29, 1.82) is 0 Å². The summed E-state index contributed by atoms with van der Waals surface area (Å²) in [5.41, 5.74) is 5.91. The maximum atomic E-state index is 12.4. The van der Waals surface area contributed by atoms with E-state index in [0.717, 1.165) is 23.5 Å². The van der Waals surface area contributed by atoms with Crippen LogP contribution in [0, 0.1) is 0 Å². The number of rotatable bonds is 9. The Bertz CT molecular complexity index is 775. The van der Waals surface area contributed by atoms with Crippen LogP contribution in [-0.2, 0) is 24.0 Å². The molecule has 4 N–H and O–H groups in total. The van der Waals surface area contributed by atoms with Crippen LogP contribution < -0.4 is 11.1 Å². The molecule has 9 heteroatoms. The van der Waals surface area contributed by atoms with Crippen molar-refractivity contribution in [3.8, 4) is 0 Å². The van der Waals surface area contributed by atoms with Gasteiger partial charge >= 0.3 is 5.97 Å². The van der Waals surface area contributed by atoms with Gasteiger partial charge in [0, 0.05) is 19.4 Å². The van der Waals surface area contributed by atoms with E-state index in [-0.39, 0.29) is 12.8 Å². The second kappa shape index (κ2) is 10.6. The largest absolute Gasteiger partial charge is 0.481 e. The van der Waals surface area contributed by atoms with Crippen LogP contribution in [-0.4, -0.2) is 51.7 Å². The van der Waals surface area contributed by atoms with Gasteiger partial charge in [-0.25, -0.2) is 0 Å². The fourth-order valence-electron chi connectivity index (χ4n) is 2.39. The first-order valence-electron chi connectivity index (χ1n) is 8.51. The lowest BCUT2D eigenvalue weighted by molar-refractivity contribution is -0.148. The van der Waals surface area contributed by atoms with Gasteiger partial charge in [0.1, 0.15) is 12.1 Å². The molecule has 150 valence electrons. The third-order valence-corrected chi connectivity index (χ3v) is 3.87. The number of nitrogens with zero attached hydrogens (tertiary/aromatic N) is 1. The molecule has 0 aliphatic rings. The van der Waals surface area contributed by atoms with E-state index in [2.05, 4.69) is 5.32 Å². The molecule has 2 atom stereocenters. The molecule has 0 heterocycles. The second-order valence-electron chi connectivity index (χ2n) is 6.04. The van der Waals surface area contributed by atoms with Gasteiger partial charge in [0.15, 0.2) is 0 Å². The maximum Gasteiger partial charge on any atom is 0.303 e. The van der Waals surface area contributed by atoms with Crippen LogP contribution in [0.25, 0.3) is 6.08 Å². The molecule has 0 fully saturated rings. The van der Waals surface area contributed by atoms with Gasteiger partial charge in [0.25, 0.3) is 5.91 Å². The number of imide groups is 1. The molecular formula is C19H23N3O6. The quantitative estimate of drug-likeness (QED) is 0.518. The summed E-state index contributed by atoms with van der Waals surface area (Å²) in [7, 11) is 0. The first kappa shape index (κ1) is 22.6. The minimum Gasteiger partial charge on any atom is -0.481 e. The highest BCUT2D eigenvalue weighted by Gasteiger charge is 2.30. The molecule has 28 heavy (non-hydrogen) atoms. The van der Waals surface area contributed by atoms with Gasteiger partial charge in [0.2, 0.25) is 17.7 Å². The zero-order chi connectivity index (χ0) is 21.3. The van der Waals surface area contributed by atoms with Crippen molar-refractivity contribution in [3.05, 3.63) is 42.0 Å². The average molecular weight is 389 g/mol. The lowest BCUT2D eigenvalue weighted by Crippen LogP contribution is -2.54. The standard InChI is InChI=1S/C19H23N3O6/c1-12(19(28)21-15(18(20)27)9-11-17(25)26)22(13(2)23)16(24)10-8-14-6-4-3-5-7-14/h3-8,10,12,15H,9,11H2,1-2H3,(H2,20,27)(H,21,28)(H,25,26). The minimum absolute atomic E-state index is 0.203. The number of benzene rings is 1. The number of nitrogens with one attached hydrogen (secondary N) is 1. The van der Waals surface area contributed by atoms with Crippen LogP contribution in [0.3, 0.4) is 0 Å². The van der Waals surface area contributed by atoms with Crippen LogP contribution in [0.5, 0.6) is 0 Å². The molecular weight excluding hydrogens is 366 g/mol. The highest BCUT2D eigenvalue weighted by atomic mass is 16.4. The van der Waals surface area contributed by atoms with Crippen LogP contribution in [0.4, 0.5) is 0 Å². The molecule has 0 aliphatic heterocycles. The number of carbonyl (C=O) groups excluding carboxylic acids is 4. The smallest absolute Gasteiger partial charge is 0.303 e. The molecule has 0 aromatic heterocycles. The van der Waals surface area contributed by atoms with Gasteiger partial charge in [-0.2, -0.15) is 0 Å². The summed E-state index contributed by atoms with van der Waals surface area (Å²) >= 11 is 0. The highest BCUT2D eigenvalue weighted by molar-refractivity contribution is 6.05. The molecule has 9 nitrogen and oxygen atoms in total. The molecule has 0 radical (unpaired) electrons. The number of aliphatic carboxylic acids is 1. The van der Waals surface area contributed by atoms with Gasteiger partial charge in [-0.05, 0) is 25.0 Å². The number of carbonyl (C=O) groups is 5. The van der Waals surface area contributed by atoms with E-state index in [1.165, 1.54) is 13.0 Å². The Hall–Kier alpha value is -3.49. The van der Waals surface area contributed by atoms with E-state index in [0.29, 0.717) is 0 Å². The third kappa shape index (κ3) is 7.02. The van der Waals surface area contributed by atoms with E-state index in [1.807, 2.05) is 6.07 Å². The summed E-state index contributed by atoms with van der Waals surface area (Å²) in [5, 5.41) is 11.0. The monoisotopic (exact) mass is 389 g/mol. The van der Waals surface area contributed by atoms with Gasteiger partial charge in [-0.15, -0.1) is 0 Å². The Morgan fingerprint density at radius 1 is 1.18 bits per heavy atom. The van der Waals surface area contributed by atoms with E-state index in [4.69, 9.17) is 10.8 Å². The average Bonchev–Trinajstić information content (AvgIpc) is 2.63. The summed E-state index contributed by atoms with van der Waals surface area (Å²) < 4.78 is 0. The van der Waals surface area contributed by atoms with Crippen LogP contribution in [0.1, 0.15) is 32.3 Å². The number of amides is 4. The number of hydrogen-bond acceptors (Lipinski definition) is 5. The lowest BCUT2D eigenvalue weighted by atomic mass is 10.1. The highest BCUT2D eigenvalue weighted by Crippen LogP contribution is 2.07. The van der Waals surface area contributed by atoms with Gasteiger partial charge in [-0.1, -0.05) is 30.3 Å². The third-order valence-electron chi connectivity index (χ3n) is 3.87. The Morgan fingerprint density at radius 2 is 1.79 bits per heavy atom. The van der Waals surface area contributed by atoms with Crippen molar-refractivity contribution in [2.45, 2.75) is 38.8 Å². The van der Waals surface area contributed by atoms with Crippen LogP contribution >= 0.6 is 0 Å². The Labute approximate surface area is 162 Å². The summed E-state index contributed by atoms with van der Waals surface area (Å²) in [6.45, 7) is 2.45. The first-order chi connectivity index (χ1) is 13.1. The maximum absolute atomic E-state index is 12.4. The molecule has 2 unspecified atom stereocenters. The number of hydrogen-bond donors (Lipinski definition) is 3. The summed E-state index contributed by atoms with van der Waals surface area (Å²) in [6.07, 6.45) is 2.08. The van der Waals surface area contributed by atoms with Gasteiger partial charge < -0.3 is 16.2 Å². The SMILES string of the molecule is CC(=O)N(C(=O)C=Cc1ccccc1)C(C)C(=O)NC(CCC(=O)O)C(N)=O. The summed E-state index contributed by atoms with van der Waals surface area (Å²) in [5.74, 6) is -4.23. The number of primary amides is 1. The molecule has 0 spiro atoms.